The second kappa shape index (κ2) is 8.75. The van der Waals surface area contributed by atoms with Crippen LogP contribution in [0.4, 0.5) is 0 Å². The number of rotatable bonds is 4. The maximum absolute atomic E-state index is 13.0. The molecule has 2 aromatic rings. The quantitative estimate of drug-likeness (QED) is 0.840. The minimum atomic E-state index is 0.0980. The lowest BCUT2D eigenvalue weighted by Gasteiger charge is -2.35. The van der Waals surface area contributed by atoms with Crippen molar-refractivity contribution in [3.05, 3.63) is 34.2 Å². The van der Waals surface area contributed by atoms with Crippen molar-refractivity contribution in [3.8, 4) is 0 Å². The number of nitrogens with zero attached hydrogens (tertiary/aromatic N) is 4. The molecule has 4 heterocycles. The first-order valence-corrected chi connectivity index (χ1v) is 12.1. The molecule has 6 nitrogen and oxygen atoms in total. The van der Waals surface area contributed by atoms with Gasteiger partial charge in [-0.05, 0) is 101 Å². The summed E-state index contributed by atoms with van der Waals surface area (Å²) in [4.78, 5) is 15.7. The molecule has 30 heavy (non-hydrogen) atoms. The average Bonchev–Trinajstić information content (AvgIpc) is 3.05. The Kier molecular flexibility index (Phi) is 5.87. The van der Waals surface area contributed by atoms with Crippen LogP contribution in [-0.4, -0.2) is 60.0 Å². The van der Waals surface area contributed by atoms with Crippen LogP contribution in [0.3, 0.4) is 0 Å². The first kappa shape index (κ1) is 20.1. The first-order valence-electron chi connectivity index (χ1n) is 12.1. The molecular formula is C24H37N5O. The molecule has 0 aliphatic carbocycles. The predicted molar refractivity (Wildman–Crippen MR) is 123 cm³/mol. The monoisotopic (exact) mass is 411 g/mol. The van der Waals surface area contributed by atoms with Crippen LogP contribution >= 0.6 is 0 Å². The maximum atomic E-state index is 13.0. The number of imidazole rings is 1. The zero-order valence-corrected chi connectivity index (χ0v) is 18.5. The summed E-state index contributed by atoms with van der Waals surface area (Å²) < 4.78 is 3.78. The Morgan fingerprint density at radius 2 is 1.67 bits per heavy atom. The van der Waals surface area contributed by atoms with Gasteiger partial charge in [0, 0.05) is 26.7 Å². The summed E-state index contributed by atoms with van der Waals surface area (Å²) in [5, 5.41) is 5.72. The van der Waals surface area contributed by atoms with Crippen molar-refractivity contribution >= 4 is 11.0 Å². The van der Waals surface area contributed by atoms with Gasteiger partial charge in [-0.3, -0.25) is 4.57 Å². The van der Waals surface area contributed by atoms with Crippen LogP contribution in [-0.2, 0) is 7.05 Å². The normalized spacial score (nSPS) is 22.8. The number of fused-ring (bicyclic) bond motifs is 1. The van der Waals surface area contributed by atoms with E-state index in [1.807, 2.05) is 16.3 Å². The maximum Gasteiger partial charge on any atom is 0.347 e. The topological polar surface area (TPSA) is 45.4 Å². The summed E-state index contributed by atoms with van der Waals surface area (Å²) in [6, 6.07) is 6.78. The van der Waals surface area contributed by atoms with Gasteiger partial charge in [-0.1, -0.05) is 6.07 Å². The lowest BCUT2D eigenvalue weighted by molar-refractivity contribution is 0.167. The van der Waals surface area contributed by atoms with Crippen molar-refractivity contribution in [3.63, 3.8) is 0 Å². The van der Waals surface area contributed by atoms with Crippen LogP contribution in [0.15, 0.2) is 23.0 Å². The third-order valence-corrected chi connectivity index (χ3v) is 7.71. The highest BCUT2D eigenvalue weighted by Gasteiger charge is 2.25. The van der Waals surface area contributed by atoms with Gasteiger partial charge in [0.05, 0.1) is 11.0 Å². The van der Waals surface area contributed by atoms with Crippen LogP contribution < -0.4 is 16.0 Å². The minimum Gasteiger partial charge on any atom is -0.317 e. The van der Waals surface area contributed by atoms with Crippen molar-refractivity contribution < 1.29 is 0 Å². The van der Waals surface area contributed by atoms with E-state index in [4.69, 9.17) is 0 Å². The van der Waals surface area contributed by atoms with Gasteiger partial charge in [-0.2, -0.15) is 0 Å². The molecule has 0 saturated carbocycles. The molecule has 0 amide bonds. The summed E-state index contributed by atoms with van der Waals surface area (Å²) in [5.41, 5.74) is 3.66. The molecule has 0 unspecified atom stereocenters. The molecule has 3 saturated heterocycles. The summed E-state index contributed by atoms with van der Waals surface area (Å²) in [6.07, 6.45) is 8.76. The number of likely N-dealkylation sites (tertiary alicyclic amines) is 1. The Morgan fingerprint density at radius 1 is 0.933 bits per heavy atom. The predicted octanol–water partition coefficient (Wildman–Crippen LogP) is 2.64. The Balaban J connectivity index is 1.30. The zero-order chi connectivity index (χ0) is 20.5. The molecular weight excluding hydrogens is 374 g/mol. The summed E-state index contributed by atoms with van der Waals surface area (Å²) in [5.74, 6) is 1.50. The van der Waals surface area contributed by atoms with E-state index in [0.717, 1.165) is 30.0 Å². The molecule has 0 bridgehead atoms. The van der Waals surface area contributed by atoms with E-state index in [9.17, 15) is 4.79 Å². The van der Waals surface area contributed by atoms with Crippen LogP contribution in [0, 0.1) is 5.92 Å². The number of nitrogens with one attached hydrogen (secondary N) is 1. The largest absolute Gasteiger partial charge is 0.347 e. The Morgan fingerprint density at radius 3 is 2.40 bits per heavy atom. The number of hydrogen-bond acceptors (Lipinski definition) is 4. The van der Waals surface area contributed by atoms with Crippen molar-refractivity contribution in [1.29, 1.82) is 0 Å². The van der Waals surface area contributed by atoms with Gasteiger partial charge in [0.1, 0.15) is 0 Å². The Hall–Kier alpha value is -1.79. The average molecular weight is 412 g/mol. The van der Waals surface area contributed by atoms with E-state index in [2.05, 4.69) is 33.4 Å². The van der Waals surface area contributed by atoms with Gasteiger partial charge in [-0.25, -0.2) is 9.47 Å². The number of benzene rings is 1. The fourth-order valence-electron chi connectivity index (χ4n) is 5.82. The number of aryl methyl sites for hydroxylation is 1. The minimum absolute atomic E-state index is 0.0980. The summed E-state index contributed by atoms with van der Waals surface area (Å²) in [7, 11) is 1.93. The van der Waals surface area contributed by atoms with Crippen molar-refractivity contribution in [2.24, 2.45) is 13.0 Å². The molecule has 3 fully saturated rings. The molecule has 1 aromatic carbocycles. The Bertz CT molecular complexity index is 912. The second-order valence-corrected chi connectivity index (χ2v) is 9.68. The van der Waals surface area contributed by atoms with E-state index >= 15 is 0 Å². The highest BCUT2D eigenvalue weighted by Crippen LogP contribution is 2.31. The van der Waals surface area contributed by atoms with Crippen molar-refractivity contribution in [1.82, 2.24) is 19.5 Å². The Labute approximate surface area is 179 Å². The lowest BCUT2D eigenvalue weighted by atomic mass is 9.88. The van der Waals surface area contributed by atoms with E-state index < -0.39 is 0 Å². The van der Waals surface area contributed by atoms with Crippen LogP contribution in [0.2, 0.25) is 0 Å². The van der Waals surface area contributed by atoms with Crippen LogP contribution in [0.5, 0.6) is 0 Å². The van der Waals surface area contributed by atoms with Gasteiger partial charge in [0.2, 0.25) is 0 Å². The van der Waals surface area contributed by atoms with Gasteiger partial charge < -0.3 is 15.2 Å². The van der Waals surface area contributed by atoms with Gasteiger partial charge in [-0.15, -0.1) is 0 Å². The second-order valence-electron chi connectivity index (χ2n) is 9.68. The number of aromatic nitrogens is 2. The van der Waals surface area contributed by atoms with Crippen molar-refractivity contribution in [2.45, 2.75) is 50.9 Å². The van der Waals surface area contributed by atoms with E-state index in [1.54, 1.807) is 0 Å². The SMILES string of the molecule is Cn1c(=O)n(N2CCCCC2)c2ccc(C3CCN(CC4CCNCC4)CC3)cc21. The van der Waals surface area contributed by atoms with Gasteiger partial charge in [0.15, 0.2) is 0 Å². The molecule has 6 heteroatoms. The molecule has 3 aliphatic rings. The van der Waals surface area contributed by atoms with E-state index in [1.165, 1.54) is 83.2 Å². The third kappa shape index (κ3) is 3.92. The van der Waals surface area contributed by atoms with Gasteiger partial charge >= 0.3 is 5.69 Å². The molecule has 5 rings (SSSR count). The van der Waals surface area contributed by atoms with E-state index in [-0.39, 0.29) is 5.69 Å². The molecule has 3 aliphatic heterocycles. The molecule has 0 spiro atoms. The number of piperidine rings is 3. The van der Waals surface area contributed by atoms with E-state index in [0.29, 0.717) is 5.92 Å². The van der Waals surface area contributed by atoms with Crippen LogP contribution in [0.25, 0.3) is 11.0 Å². The highest BCUT2D eigenvalue weighted by atomic mass is 16.2. The fraction of sp³-hybridized carbons (Fsp3) is 0.708. The molecule has 1 N–H and O–H groups in total. The zero-order valence-electron chi connectivity index (χ0n) is 18.5. The fourth-order valence-corrected chi connectivity index (χ4v) is 5.82. The van der Waals surface area contributed by atoms with Crippen LogP contribution in [0.1, 0.15) is 56.4 Å². The molecule has 0 radical (unpaired) electrons. The van der Waals surface area contributed by atoms with Crippen molar-refractivity contribution in [2.75, 3.05) is 50.8 Å². The highest BCUT2D eigenvalue weighted by molar-refractivity contribution is 5.77. The summed E-state index contributed by atoms with van der Waals surface area (Å²) in [6.45, 7) is 8.04. The molecule has 1 aromatic heterocycles. The first-order chi connectivity index (χ1) is 14.7. The standard InChI is InChI=1S/C24H37N5O/c1-26-23-17-21(5-6-22(23)29(24(26)30)28-13-3-2-4-14-28)20-9-15-27(16-10-20)18-19-7-11-25-12-8-19/h5-6,17,19-20,25H,2-4,7-16,18H2,1H3. The molecule has 164 valence electrons. The third-order valence-electron chi connectivity index (χ3n) is 7.71. The lowest BCUT2D eigenvalue weighted by Crippen LogP contribution is -2.45. The van der Waals surface area contributed by atoms with Gasteiger partial charge in [0.25, 0.3) is 0 Å². The smallest absolute Gasteiger partial charge is 0.317 e. The number of hydrogen-bond donors (Lipinski definition) is 1. The summed E-state index contributed by atoms with van der Waals surface area (Å²) >= 11 is 0. The molecule has 0 atom stereocenters.